The second-order valence-corrected chi connectivity index (χ2v) is 9.14. The molecular formula is C27H29N3O2S. The number of rotatable bonds is 7. The molecule has 2 aromatic carbocycles. The second kappa shape index (κ2) is 10.5. The molecule has 1 aromatic heterocycles. The van der Waals surface area contributed by atoms with Gasteiger partial charge in [-0.2, -0.15) is 0 Å². The monoisotopic (exact) mass is 459 g/mol. The Balaban J connectivity index is 1.55. The number of hydrogen-bond donors (Lipinski definition) is 1. The first-order chi connectivity index (χ1) is 16.0. The third-order valence-corrected chi connectivity index (χ3v) is 6.43. The van der Waals surface area contributed by atoms with E-state index in [1.54, 1.807) is 24.6 Å². The number of allylic oxidation sites excluding steroid dienone is 4. The Kier molecular flexibility index (Phi) is 7.25. The van der Waals surface area contributed by atoms with E-state index in [9.17, 15) is 4.79 Å². The number of ether oxygens (including phenoxy) is 1. The predicted molar refractivity (Wildman–Crippen MR) is 137 cm³/mol. The molecule has 1 aliphatic rings. The molecule has 0 aliphatic heterocycles. The highest BCUT2D eigenvalue weighted by atomic mass is 32.1. The Morgan fingerprint density at radius 2 is 2.06 bits per heavy atom. The summed E-state index contributed by atoms with van der Waals surface area (Å²) in [4.78, 5) is 19.6. The molecule has 1 heterocycles. The van der Waals surface area contributed by atoms with Gasteiger partial charge in [-0.15, -0.1) is 11.3 Å². The second-order valence-electron chi connectivity index (χ2n) is 8.24. The number of thiazole rings is 1. The zero-order chi connectivity index (χ0) is 23.2. The molecule has 0 spiro atoms. The summed E-state index contributed by atoms with van der Waals surface area (Å²) in [5.41, 5.74) is 5.02. The van der Waals surface area contributed by atoms with Crippen LogP contribution in [-0.2, 0) is 6.54 Å². The molecule has 0 saturated heterocycles. The van der Waals surface area contributed by atoms with Crippen LogP contribution in [0.4, 0.5) is 10.5 Å². The van der Waals surface area contributed by atoms with Crippen molar-refractivity contribution < 1.29 is 9.53 Å². The van der Waals surface area contributed by atoms with Gasteiger partial charge in [0, 0.05) is 29.7 Å². The number of aromatic nitrogens is 1. The van der Waals surface area contributed by atoms with E-state index in [0.717, 1.165) is 34.5 Å². The fraction of sp³-hybridized carbons (Fsp3) is 0.259. The molecule has 1 aliphatic carbocycles. The van der Waals surface area contributed by atoms with Crippen molar-refractivity contribution in [3.8, 4) is 16.3 Å². The summed E-state index contributed by atoms with van der Waals surface area (Å²) >= 11 is 1.61. The van der Waals surface area contributed by atoms with Crippen LogP contribution in [0.15, 0.2) is 72.3 Å². The standard InChI is InChI=1S/C27H29N3O2S/c1-19(2)30(18-20-8-7-11-23(16-20)26-28-14-15-33-26)27(31)29-24-17-22(12-13-25(24)32-3)21-9-5-4-6-10-21/h5,7-17,19H,4,6,18H2,1-3H3,(H,29,31). The van der Waals surface area contributed by atoms with E-state index in [-0.39, 0.29) is 12.1 Å². The number of methoxy groups -OCH3 is 1. The van der Waals surface area contributed by atoms with E-state index >= 15 is 0 Å². The lowest BCUT2D eigenvalue weighted by molar-refractivity contribution is 0.193. The fourth-order valence-electron chi connectivity index (χ4n) is 3.85. The number of nitrogens with one attached hydrogen (secondary N) is 1. The third-order valence-electron chi connectivity index (χ3n) is 5.61. The van der Waals surface area contributed by atoms with Crippen molar-refractivity contribution in [2.75, 3.05) is 12.4 Å². The normalized spacial score (nSPS) is 13.0. The van der Waals surface area contributed by atoms with Crippen molar-refractivity contribution in [2.24, 2.45) is 0 Å². The lowest BCUT2D eigenvalue weighted by atomic mass is 9.99. The minimum absolute atomic E-state index is 0.0201. The number of nitrogens with zero attached hydrogens (tertiary/aromatic N) is 2. The summed E-state index contributed by atoms with van der Waals surface area (Å²) < 4.78 is 5.53. The summed E-state index contributed by atoms with van der Waals surface area (Å²) in [5.74, 6) is 0.641. The van der Waals surface area contributed by atoms with Crippen molar-refractivity contribution in [1.29, 1.82) is 0 Å². The maximum Gasteiger partial charge on any atom is 0.322 e. The van der Waals surface area contributed by atoms with Crippen molar-refractivity contribution in [2.45, 2.75) is 39.3 Å². The van der Waals surface area contributed by atoms with E-state index < -0.39 is 0 Å². The molecule has 0 unspecified atom stereocenters. The smallest absolute Gasteiger partial charge is 0.322 e. The Hall–Kier alpha value is -3.38. The minimum atomic E-state index is -0.159. The van der Waals surface area contributed by atoms with Crippen LogP contribution >= 0.6 is 11.3 Å². The molecule has 4 rings (SSSR count). The molecule has 0 fully saturated rings. The Bertz CT molecular complexity index is 1170. The largest absolute Gasteiger partial charge is 0.495 e. The molecule has 3 aromatic rings. The molecule has 5 nitrogen and oxygen atoms in total. The summed E-state index contributed by atoms with van der Waals surface area (Å²) in [7, 11) is 1.62. The highest BCUT2D eigenvalue weighted by Gasteiger charge is 2.20. The molecule has 0 radical (unpaired) electrons. The van der Waals surface area contributed by atoms with Crippen molar-refractivity contribution in [1.82, 2.24) is 9.88 Å². The van der Waals surface area contributed by atoms with Crippen LogP contribution in [0.3, 0.4) is 0 Å². The minimum Gasteiger partial charge on any atom is -0.495 e. The lowest BCUT2D eigenvalue weighted by Crippen LogP contribution is -2.39. The van der Waals surface area contributed by atoms with Gasteiger partial charge >= 0.3 is 6.03 Å². The Morgan fingerprint density at radius 1 is 1.18 bits per heavy atom. The van der Waals surface area contributed by atoms with Gasteiger partial charge < -0.3 is 15.0 Å². The number of carbonyl (C=O) groups excluding carboxylic acids is 1. The van der Waals surface area contributed by atoms with Gasteiger partial charge in [0.05, 0.1) is 12.8 Å². The van der Waals surface area contributed by atoms with E-state index in [2.05, 4.69) is 34.6 Å². The average Bonchev–Trinajstić information content (AvgIpc) is 3.38. The van der Waals surface area contributed by atoms with E-state index in [0.29, 0.717) is 18.0 Å². The molecule has 6 heteroatoms. The zero-order valence-corrected chi connectivity index (χ0v) is 20.1. The Morgan fingerprint density at radius 3 is 2.76 bits per heavy atom. The highest BCUT2D eigenvalue weighted by Crippen LogP contribution is 2.31. The van der Waals surface area contributed by atoms with Gasteiger partial charge in [0.25, 0.3) is 0 Å². The van der Waals surface area contributed by atoms with Gasteiger partial charge in [-0.05, 0) is 61.6 Å². The number of urea groups is 1. The third kappa shape index (κ3) is 5.52. The van der Waals surface area contributed by atoms with Gasteiger partial charge in [0.2, 0.25) is 0 Å². The van der Waals surface area contributed by atoms with Crippen LogP contribution in [0.5, 0.6) is 5.75 Å². The van der Waals surface area contributed by atoms with Gasteiger partial charge in [0.15, 0.2) is 0 Å². The zero-order valence-electron chi connectivity index (χ0n) is 19.2. The molecule has 2 amide bonds. The first-order valence-electron chi connectivity index (χ1n) is 11.2. The molecule has 170 valence electrons. The Labute approximate surface area is 199 Å². The molecule has 0 bridgehead atoms. The maximum atomic E-state index is 13.3. The van der Waals surface area contributed by atoms with Gasteiger partial charge in [-0.1, -0.05) is 42.5 Å². The number of benzene rings is 2. The summed E-state index contributed by atoms with van der Waals surface area (Å²) in [5, 5.41) is 6.03. The van der Waals surface area contributed by atoms with Crippen molar-refractivity contribution >= 4 is 28.6 Å². The van der Waals surface area contributed by atoms with Crippen molar-refractivity contribution in [3.05, 3.63) is 83.4 Å². The fourth-order valence-corrected chi connectivity index (χ4v) is 4.49. The van der Waals surface area contributed by atoms with E-state index in [4.69, 9.17) is 4.74 Å². The molecular weight excluding hydrogens is 430 g/mol. The van der Waals surface area contributed by atoms with Gasteiger partial charge in [-0.25, -0.2) is 9.78 Å². The van der Waals surface area contributed by atoms with Crippen molar-refractivity contribution in [3.63, 3.8) is 0 Å². The quantitative estimate of drug-likeness (QED) is 0.414. The van der Waals surface area contributed by atoms with Crippen LogP contribution in [0.2, 0.25) is 0 Å². The predicted octanol–water partition coefficient (Wildman–Crippen LogP) is 6.99. The average molecular weight is 460 g/mol. The molecule has 0 atom stereocenters. The van der Waals surface area contributed by atoms with Gasteiger partial charge in [0.1, 0.15) is 10.8 Å². The summed E-state index contributed by atoms with van der Waals surface area (Å²) in [6.45, 7) is 4.55. The first-order valence-corrected chi connectivity index (χ1v) is 12.0. The molecule has 0 saturated carbocycles. The number of carbonyl (C=O) groups is 1. The highest BCUT2D eigenvalue weighted by molar-refractivity contribution is 7.13. The number of amides is 2. The topological polar surface area (TPSA) is 54.5 Å². The van der Waals surface area contributed by atoms with Crippen LogP contribution < -0.4 is 10.1 Å². The SMILES string of the molecule is COc1ccc(C2=CCCC=C2)cc1NC(=O)N(Cc1cccc(-c2nccs2)c1)C(C)C. The lowest BCUT2D eigenvalue weighted by Gasteiger charge is -2.28. The number of hydrogen-bond acceptors (Lipinski definition) is 4. The number of anilines is 1. The first kappa shape index (κ1) is 22.8. The summed E-state index contributed by atoms with van der Waals surface area (Å²) in [6, 6.07) is 14.0. The van der Waals surface area contributed by atoms with E-state index in [1.165, 1.54) is 5.57 Å². The maximum absolute atomic E-state index is 13.3. The van der Waals surface area contributed by atoms with E-state index in [1.807, 2.05) is 60.5 Å². The van der Waals surface area contributed by atoms with Crippen LogP contribution in [0.25, 0.3) is 16.1 Å². The molecule has 33 heavy (non-hydrogen) atoms. The molecule has 1 N–H and O–H groups in total. The van der Waals surface area contributed by atoms with Crippen LogP contribution in [0.1, 0.15) is 37.8 Å². The van der Waals surface area contributed by atoms with Crippen LogP contribution in [-0.4, -0.2) is 29.1 Å². The van der Waals surface area contributed by atoms with Crippen LogP contribution in [0, 0.1) is 0 Å². The summed E-state index contributed by atoms with van der Waals surface area (Å²) in [6.07, 6.45) is 10.4. The van der Waals surface area contributed by atoms with Gasteiger partial charge in [-0.3, -0.25) is 0 Å².